The van der Waals surface area contributed by atoms with Crippen molar-refractivity contribution in [1.29, 1.82) is 0 Å². The van der Waals surface area contributed by atoms with Crippen LogP contribution in [-0.4, -0.2) is 30.6 Å². The Bertz CT molecular complexity index is 537. The third-order valence-electron chi connectivity index (χ3n) is 2.54. The van der Waals surface area contributed by atoms with Gasteiger partial charge in [-0.3, -0.25) is 4.79 Å². The number of ether oxygens (including phenoxy) is 2. The number of methoxy groups -OCH3 is 1. The van der Waals surface area contributed by atoms with E-state index in [4.69, 9.17) is 9.47 Å². The van der Waals surface area contributed by atoms with Crippen molar-refractivity contribution in [3.8, 4) is 5.75 Å². The number of nitrogens with one attached hydrogen (secondary N) is 1. The van der Waals surface area contributed by atoms with Crippen molar-refractivity contribution in [2.24, 2.45) is 0 Å². The minimum absolute atomic E-state index is 0.310. The summed E-state index contributed by atoms with van der Waals surface area (Å²) in [5, 5.41) is 2.76. The number of hydrogen-bond donors (Lipinski definition) is 1. The van der Waals surface area contributed by atoms with Crippen molar-refractivity contribution in [1.82, 2.24) is 5.32 Å². The zero-order valence-electron chi connectivity index (χ0n) is 12.8. The van der Waals surface area contributed by atoms with Crippen LogP contribution in [0.1, 0.15) is 38.1 Å². The van der Waals surface area contributed by atoms with Gasteiger partial charge in [0, 0.05) is 10.0 Å². The van der Waals surface area contributed by atoms with Crippen molar-refractivity contribution in [2.45, 2.75) is 39.3 Å². The third-order valence-corrected chi connectivity index (χ3v) is 3.24. The van der Waals surface area contributed by atoms with Crippen LogP contribution in [0, 0.1) is 0 Å². The molecule has 0 spiro atoms. The van der Waals surface area contributed by atoms with E-state index in [1.807, 2.05) is 20.8 Å². The van der Waals surface area contributed by atoms with E-state index in [1.54, 1.807) is 18.2 Å². The molecule has 0 heterocycles. The number of amides is 1. The van der Waals surface area contributed by atoms with E-state index in [0.29, 0.717) is 15.8 Å². The fourth-order valence-electron chi connectivity index (χ4n) is 1.54. The molecule has 0 aliphatic rings. The lowest BCUT2D eigenvalue weighted by Gasteiger charge is -2.23. The molecule has 0 fully saturated rings. The molecule has 0 aliphatic carbocycles. The number of rotatable bonds is 4. The number of esters is 1. The van der Waals surface area contributed by atoms with Crippen LogP contribution in [0.4, 0.5) is 0 Å². The first-order valence-corrected chi connectivity index (χ1v) is 7.30. The molecule has 1 aromatic rings. The molecule has 0 unspecified atom stereocenters. The van der Waals surface area contributed by atoms with Crippen LogP contribution in [0.25, 0.3) is 0 Å². The largest absolute Gasteiger partial charge is 0.497 e. The van der Waals surface area contributed by atoms with Gasteiger partial charge in [0.05, 0.1) is 12.7 Å². The van der Waals surface area contributed by atoms with Gasteiger partial charge in [-0.1, -0.05) is 0 Å². The molecule has 0 bridgehead atoms. The quantitative estimate of drug-likeness (QED) is 0.841. The van der Waals surface area contributed by atoms with Gasteiger partial charge >= 0.3 is 5.97 Å². The van der Waals surface area contributed by atoms with Crippen molar-refractivity contribution < 1.29 is 19.1 Å². The minimum atomic E-state index is -0.880. The maximum atomic E-state index is 12.1. The topological polar surface area (TPSA) is 64.6 Å². The number of carbonyl (C=O) groups excluding carboxylic acids is 2. The van der Waals surface area contributed by atoms with E-state index in [9.17, 15) is 9.59 Å². The molecular weight excluding hydrogens is 338 g/mol. The number of benzene rings is 1. The van der Waals surface area contributed by atoms with Gasteiger partial charge in [-0.25, -0.2) is 4.79 Å². The standard InChI is InChI=1S/C15H20BrNO4/c1-9(13(18)17-15(2,3)4)21-14(19)11-8-10(20-5)6-7-12(11)16/h6-9H,1-5H3,(H,17,18)/t9-/m1/s1. The number of hydrogen-bond acceptors (Lipinski definition) is 4. The van der Waals surface area contributed by atoms with E-state index in [1.165, 1.54) is 14.0 Å². The highest BCUT2D eigenvalue weighted by Crippen LogP contribution is 2.23. The molecule has 0 saturated carbocycles. The van der Waals surface area contributed by atoms with Crippen LogP contribution >= 0.6 is 15.9 Å². The Morgan fingerprint density at radius 3 is 2.43 bits per heavy atom. The summed E-state index contributed by atoms with van der Waals surface area (Å²) in [4.78, 5) is 24.0. The van der Waals surface area contributed by atoms with Gasteiger partial charge in [0.15, 0.2) is 6.10 Å². The van der Waals surface area contributed by atoms with Crippen LogP contribution < -0.4 is 10.1 Å². The van der Waals surface area contributed by atoms with E-state index < -0.39 is 12.1 Å². The lowest BCUT2D eigenvalue weighted by Crippen LogP contribution is -2.46. The average Bonchev–Trinajstić information content (AvgIpc) is 2.37. The summed E-state index contributed by atoms with van der Waals surface area (Å²) in [5.41, 5.74) is -0.0707. The first-order chi connectivity index (χ1) is 9.64. The predicted octanol–water partition coefficient (Wildman–Crippen LogP) is 2.92. The molecule has 21 heavy (non-hydrogen) atoms. The Labute approximate surface area is 133 Å². The van der Waals surface area contributed by atoms with Crippen molar-refractivity contribution >= 4 is 27.8 Å². The zero-order chi connectivity index (χ0) is 16.2. The SMILES string of the molecule is COc1ccc(Br)c(C(=O)O[C@H](C)C(=O)NC(C)(C)C)c1. The van der Waals surface area contributed by atoms with Gasteiger partial charge in [-0.05, 0) is 61.8 Å². The number of halogens is 1. The summed E-state index contributed by atoms with van der Waals surface area (Å²) >= 11 is 3.28. The Balaban J connectivity index is 2.79. The highest BCUT2D eigenvalue weighted by Gasteiger charge is 2.24. The normalized spacial score (nSPS) is 12.5. The summed E-state index contributed by atoms with van der Waals surface area (Å²) in [6.07, 6.45) is -0.880. The summed E-state index contributed by atoms with van der Waals surface area (Å²) in [5.74, 6) is -0.385. The van der Waals surface area contributed by atoms with Gasteiger partial charge in [0.1, 0.15) is 5.75 Å². The summed E-state index contributed by atoms with van der Waals surface area (Å²) in [6, 6.07) is 4.97. The van der Waals surface area contributed by atoms with E-state index in [0.717, 1.165) is 0 Å². The molecule has 0 aliphatic heterocycles. The molecule has 0 aromatic heterocycles. The fourth-order valence-corrected chi connectivity index (χ4v) is 1.95. The minimum Gasteiger partial charge on any atom is -0.497 e. The van der Waals surface area contributed by atoms with E-state index in [-0.39, 0.29) is 11.4 Å². The smallest absolute Gasteiger partial charge is 0.340 e. The molecule has 0 saturated heterocycles. The van der Waals surface area contributed by atoms with Gasteiger partial charge in [0.25, 0.3) is 5.91 Å². The maximum Gasteiger partial charge on any atom is 0.340 e. The first-order valence-electron chi connectivity index (χ1n) is 6.50. The fraction of sp³-hybridized carbons (Fsp3) is 0.467. The molecule has 116 valence electrons. The molecule has 1 amide bonds. The van der Waals surface area contributed by atoms with Crippen LogP contribution in [-0.2, 0) is 9.53 Å². The second kappa shape index (κ2) is 6.93. The molecule has 1 rings (SSSR count). The zero-order valence-corrected chi connectivity index (χ0v) is 14.4. The van der Waals surface area contributed by atoms with Gasteiger partial charge in [-0.2, -0.15) is 0 Å². The first kappa shape index (κ1) is 17.5. The predicted molar refractivity (Wildman–Crippen MR) is 83.5 cm³/mol. The average molecular weight is 358 g/mol. The summed E-state index contributed by atoms with van der Waals surface area (Å²) in [7, 11) is 1.51. The molecule has 5 nitrogen and oxygen atoms in total. The Kier molecular flexibility index (Phi) is 5.78. The summed E-state index contributed by atoms with van der Waals surface area (Å²) < 4.78 is 10.8. The maximum absolute atomic E-state index is 12.1. The lowest BCUT2D eigenvalue weighted by molar-refractivity contribution is -0.130. The van der Waals surface area contributed by atoms with Crippen molar-refractivity contribution in [2.75, 3.05) is 7.11 Å². The molecule has 1 atom stereocenters. The molecule has 6 heteroatoms. The van der Waals surface area contributed by atoms with Gasteiger partial charge < -0.3 is 14.8 Å². The number of carbonyl (C=O) groups is 2. The molecule has 1 N–H and O–H groups in total. The Hall–Kier alpha value is -1.56. The highest BCUT2D eigenvalue weighted by atomic mass is 79.9. The molecule has 1 aromatic carbocycles. The molecular formula is C15H20BrNO4. The lowest BCUT2D eigenvalue weighted by atomic mass is 10.1. The molecule has 0 radical (unpaired) electrons. The Morgan fingerprint density at radius 2 is 1.90 bits per heavy atom. The van der Waals surface area contributed by atoms with Crippen molar-refractivity contribution in [3.05, 3.63) is 28.2 Å². The summed E-state index contributed by atoms with van der Waals surface area (Å²) in [6.45, 7) is 7.11. The van der Waals surface area contributed by atoms with Gasteiger partial charge in [-0.15, -0.1) is 0 Å². The van der Waals surface area contributed by atoms with E-state index >= 15 is 0 Å². The van der Waals surface area contributed by atoms with Crippen LogP contribution in [0.5, 0.6) is 5.75 Å². The monoisotopic (exact) mass is 357 g/mol. The van der Waals surface area contributed by atoms with Crippen LogP contribution in [0.2, 0.25) is 0 Å². The Morgan fingerprint density at radius 1 is 1.29 bits per heavy atom. The second-order valence-electron chi connectivity index (χ2n) is 5.63. The van der Waals surface area contributed by atoms with Crippen LogP contribution in [0.15, 0.2) is 22.7 Å². The second-order valence-corrected chi connectivity index (χ2v) is 6.49. The van der Waals surface area contributed by atoms with Crippen LogP contribution in [0.3, 0.4) is 0 Å². The van der Waals surface area contributed by atoms with E-state index in [2.05, 4.69) is 21.2 Å². The third kappa shape index (κ3) is 5.38. The van der Waals surface area contributed by atoms with Crippen molar-refractivity contribution in [3.63, 3.8) is 0 Å². The highest BCUT2D eigenvalue weighted by molar-refractivity contribution is 9.10. The van der Waals surface area contributed by atoms with Gasteiger partial charge in [0.2, 0.25) is 0 Å².